The number of halogens is 3. The first-order valence-electron chi connectivity index (χ1n) is 11.6. The average molecular weight is 551 g/mol. The minimum absolute atomic E-state index is 0.0941. The van der Waals surface area contributed by atoms with Crippen molar-refractivity contribution in [2.45, 2.75) is 58.5 Å². The topological polar surface area (TPSA) is 110 Å². The Morgan fingerprint density at radius 1 is 0.947 bits per heavy atom. The average Bonchev–Trinajstić information content (AvgIpc) is 3.06. The van der Waals surface area contributed by atoms with Gasteiger partial charge in [-0.25, -0.2) is 8.42 Å². The Morgan fingerprint density at radius 2 is 1.53 bits per heavy atom. The van der Waals surface area contributed by atoms with Crippen molar-refractivity contribution in [3.63, 3.8) is 0 Å². The van der Waals surface area contributed by atoms with Gasteiger partial charge in [-0.05, 0) is 76.6 Å². The summed E-state index contributed by atoms with van der Waals surface area (Å²) < 4.78 is 65.4. The predicted octanol–water partition coefficient (Wildman–Crippen LogP) is 4.61. The summed E-state index contributed by atoms with van der Waals surface area (Å²) >= 11 is 0. The largest absolute Gasteiger partial charge is 0.416 e. The second-order valence-electron chi connectivity index (χ2n) is 9.85. The number of nitrogens with one attached hydrogen (secondary N) is 2. The molecule has 1 heterocycles. The lowest BCUT2D eigenvalue weighted by atomic mass is 10.1. The van der Waals surface area contributed by atoms with Crippen LogP contribution in [-0.2, 0) is 34.0 Å². The first-order chi connectivity index (χ1) is 17.5. The van der Waals surface area contributed by atoms with Crippen molar-refractivity contribution >= 4 is 27.5 Å². The molecule has 0 radical (unpaired) electrons. The summed E-state index contributed by atoms with van der Waals surface area (Å²) in [5, 5.41) is 7.12. The van der Waals surface area contributed by atoms with E-state index < -0.39 is 38.3 Å². The van der Waals surface area contributed by atoms with Crippen LogP contribution in [0.1, 0.15) is 59.2 Å². The quantitative estimate of drug-likeness (QED) is 0.447. The van der Waals surface area contributed by atoms with Crippen LogP contribution in [0.5, 0.6) is 0 Å². The Morgan fingerprint density at radius 3 is 2.05 bits per heavy atom. The Bertz CT molecular complexity index is 1440. The molecule has 2 N–H and O–H groups in total. The fraction of sp³-hybridized carbons (Fsp3) is 0.346. The third-order valence-electron chi connectivity index (χ3n) is 5.94. The Hall–Kier alpha value is -3.67. The van der Waals surface area contributed by atoms with Gasteiger partial charge in [0.25, 0.3) is 5.91 Å². The van der Waals surface area contributed by atoms with Gasteiger partial charge < -0.3 is 5.32 Å². The fourth-order valence-corrected chi connectivity index (χ4v) is 4.20. The molecular weight excluding hydrogens is 521 g/mol. The maximum Gasteiger partial charge on any atom is 0.416 e. The highest BCUT2D eigenvalue weighted by Crippen LogP contribution is 2.29. The molecule has 3 rings (SSSR count). The summed E-state index contributed by atoms with van der Waals surface area (Å²) in [5.41, 5.74) is 2.51. The highest BCUT2D eigenvalue weighted by Gasteiger charge is 2.31. The van der Waals surface area contributed by atoms with E-state index in [4.69, 9.17) is 0 Å². The zero-order valence-corrected chi connectivity index (χ0v) is 22.4. The van der Waals surface area contributed by atoms with Crippen LogP contribution in [0.3, 0.4) is 0 Å². The lowest BCUT2D eigenvalue weighted by Crippen LogP contribution is -2.43. The number of rotatable bonds is 7. The highest BCUT2D eigenvalue weighted by atomic mass is 32.2. The fourth-order valence-electron chi connectivity index (χ4n) is 3.52. The molecule has 204 valence electrons. The molecule has 12 heteroatoms. The predicted molar refractivity (Wildman–Crippen MR) is 137 cm³/mol. The lowest BCUT2D eigenvalue weighted by Gasteiger charge is -2.19. The van der Waals surface area contributed by atoms with Crippen molar-refractivity contribution in [1.29, 1.82) is 0 Å². The number of sulfonamides is 1. The monoisotopic (exact) mass is 550 g/mol. The van der Waals surface area contributed by atoms with Crippen molar-refractivity contribution in [3.05, 3.63) is 82.2 Å². The number of nitrogens with zero attached hydrogens (tertiary/aromatic N) is 2. The molecule has 8 nitrogen and oxygen atoms in total. The highest BCUT2D eigenvalue weighted by molar-refractivity contribution is 7.91. The molecule has 0 fully saturated rings. The molecule has 0 saturated heterocycles. The van der Waals surface area contributed by atoms with Gasteiger partial charge in [-0.3, -0.25) is 19.0 Å². The van der Waals surface area contributed by atoms with E-state index in [1.807, 2.05) is 0 Å². The van der Waals surface area contributed by atoms with Crippen molar-refractivity contribution in [2.24, 2.45) is 0 Å². The molecule has 3 aromatic rings. The molecule has 0 unspecified atom stereocenters. The number of anilines is 1. The second kappa shape index (κ2) is 10.6. The number of benzene rings is 2. The van der Waals surface area contributed by atoms with E-state index >= 15 is 0 Å². The molecule has 1 aromatic heterocycles. The van der Waals surface area contributed by atoms with E-state index in [0.29, 0.717) is 29.2 Å². The van der Waals surface area contributed by atoms with E-state index in [0.717, 1.165) is 29.8 Å². The second-order valence-corrected chi connectivity index (χ2v) is 12.3. The van der Waals surface area contributed by atoms with Crippen LogP contribution < -0.4 is 10.0 Å². The van der Waals surface area contributed by atoms with Crippen LogP contribution in [0.25, 0.3) is 0 Å². The molecule has 0 aliphatic heterocycles. The zero-order valence-electron chi connectivity index (χ0n) is 21.6. The van der Waals surface area contributed by atoms with E-state index in [1.165, 1.54) is 20.8 Å². The smallest absolute Gasteiger partial charge is 0.322 e. The first-order valence-corrected chi connectivity index (χ1v) is 13.1. The number of hydrogen-bond acceptors (Lipinski definition) is 5. The normalized spacial score (nSPS) is 12.3. The van der Waals surface area contributed by atoms with E-state index in [-0.39, 0.29) is 12.0 Å². The number of carbonyl (C=O) groups is 2. The van der Waals surface area contributed by atoms with E-state index in [1.54, 1.807) is 42.8 Å². The van der Waals surface area contributed by atoms with Gasteiger partial charge in [-0.1, -0.05) is 12.1 Å². The number of hydrogen-bond donors (Lipinski definition) is 2. The van der Waals surface area contributed by atoms with Gasteiger partial charge >= 0.3 is 6.18 Å². The Balaban J connectivity index is 1.65. The molecule has 0 aliphatic carbocycles. The van der Waals surface area contributed by atoms with Crippen LogP contribution in [0.4, 0.5) is 18.9 Å². The number of amides is 2. The first kappa shape index (κ1) is 28.9. The Kier molecular flexibility index (Phi) is 8.06. The molecule has 2 amide bonds. The number of alkyl halides is 3. The number of aryl methyl sites for hydroxylation is 1. The molecule has 2 aromatic carbocycles. The lowest BCUT2D eigenvalue weighted by molar-refractivity contribution is -0.137. The minimum Gasteiger partial charge on any atom is -0.322 e. The van der Waals surface area contributed by atoms with Crippen molar-refractivity contribution in [3.8, 4) is 0 Å². The van der Waals surface area contributed by atoms with Gasteiger partial charge in [0, 0.05) is 22.5 Å². The number of carbonyl (C=O) groups excluding carboxylic acids is 2. The van der Waals surface area contributed by atoms with Crippen molar-refractivity contribution in [1.82, 2.24) is 14.5 Å². The van der Waals surface area contributed by atoms with Gasteiger partial charge in [0.05, 0.1) is 29.0 Å². The van der Waals surface area contributed by atoms with Crippen molar-refractivity contribution < 1.29 is 31.2 Å². The molecule has 38 heavy (non-hydrogen) atoms. The summed E-state index contributed by atoms with van der Waals surface area (Å²) in [6, 6.07) is 10.8. The van der Waals surface area contributed by atoms with E-state index in [9.17, 15) is 31.2 Å². The molecule has 0 atom stereocenters. The molecule has 0 aliphatic rings. The summed E-state index contributed by atoms with van der Waals surface area (Å²) in [6.07, 6.45) is -4.61. The molecule has 0 spiro atoms. The Labute approximate surface area is 219 Å². The van der Waals surface area contributed by atoms with Crippen LogP contribution in [0.15, 0.2) is 48.5 Å². The minimum atomic E-state index is -4.48. The van der Waals surface area contributed by atoms with Gasteiger partial charge in [0.1, 0.15) is 0 Å². The maximum absolute atomic E-state index is 12.7. The van der Waals surface area contributed by atoms with Crippen LogP contribution in [0.2, 0.25) is 0 Å². The summed E-state index contributed by atoms with van der Waals surface area (Å²) in [6.45, 7) is 8.40. The number of aromatic nitrogens is 2. The van der Waals surface area contributed by atoms with Gasteiger partial charge in [0.15, 0.2) is 0 Å². The zero-order chi connectivity index (χ0) is 28.5. The summed E-state index contributed by atoms with van der Waals surface area (Å²) in [7, 11) is -3.82. The standard InChI is InChI=1S/C26H29F3N4O4S/c1-16-22(14-23(34)32-38(36,37)25(3,4)5)17(2)33(31-16)15-18-6-12-21(13-7-18)30-24(35)19-8-10-20(11-9-19)26(27,28)29/h6-13H,14-15H2,1-5H3,(H,30,35)(H,32,34). The van der Waals surface area contributed by atoms with Crippen LogP contribution in [-0.4, -0.2) is 34.8 Å². The summed E-state index contributed by atoms with van der Waals surface area (Å²) in [4.78, 5) is 24.8. The van der Waals surface area contributed by atoms with Crippen LogP contribution in [0, 0.1) is 13.8 Å². The third-order valence-corrected chi connectivity index (χ3v) is 8.05. The molecular formula is C26H29F3N4O4S. The summed E-state index contributed by atoms with van der Waals surface area (Å²) in [5.74, 6) is -1.18. The third kappa shape index (κ3) is 6.80. The van der Waals surface area contributed by atoms with Crippen LogP contribution >= 0.6 is 0 Å². The maximum atomic E-state index is 12.7. The van der Waals surface area contributed by atoms with Gasteiger partial charge in [0.2, 0.25) is 15.9 Å². The molecule has 0 saturated carbocycles. The van der Waals surface area contributed by atoms with Gasteiger partial charge in [-0.15, -0.1) is 0 Å². The van der Waals surface area contributed by atoms with E-state index in [2.05, 4.69) is 15.1 Å². The SMILES string of the molecule is Cc1nn(Cc2ccc(NC(=O)c3ccc(C(F)(F)F)cc3)cc2)c(C)c1CC(=O)NS(=O)(=O)C(C)(C)C. The molecule has 0 bridgehead atoms. The van der Waals surface area contributed by atoms with Gasteiger partial charge in [-0.2, -0.15) is 18.3 Å². The van der Waals surface area contributed by atoms with Crippen molar-refractivity contribution in [2.75, 3.05) is 5.32 Å².